The molecule has 20 heavy (non-hydrogen) atoms. The summed E-state index contributed by atoms with van der Waals surface area (Å²) in [4.78, 5) is -0.812. The van der Waals surface area contributed by atoms with Gasteiger partial charge in [0.15, 0.2) is 0 Å². The predicted octanol–water partition coefficient (Wildman–Crippen LogP) is 4.07. The van der Waals surface area contributed by atoms with E-state index < -0.39 is 26.6 Å². The minimum atomic E-state index is -4.31. The summed E-state index contributed by atoms with van der Waals surface area (Å²) in [7, 11) is -4.31. The van der Waals surface area contributed by atoms with Crippen LogP contribution in [0.2, 0.25) is 10.0 Å². The lowest BCUT2D eigenvalue weighted by Gasteiger charge is -2.10. The van der Waals surface area contributed by atoms with E-state index in [-0.39, 0.29) is 15.7 Å². The first-order valence-electron chi connectivity index (χ1n) is 5.22. The zero-order valence-corrected chi connectivity index (χ0v) is 12.0. The van der Waals surface area contributed by atoms with Crippen molar-refractivity contribution in [2.75, 3.05) is 4.72 Å². The molecule has 0 aliphatic rings. The van der Waals surface area contributed by atoms with E-state index in [2.05, 4.69) is 4.72 Å². The van der Waals surface area contributed by atoms with Gasteiger partial charge in [0.2, 0.25) is 0 Å². The van der Waals surface area contributed by atoms with Crippen molar-refractivity contribution in [2.24, 2.45) is 0 Å². The smallest absolute Gasteiger partial charge is 0.264 e. The van der Waals surface area contributed by atoms with Crippen molar-refractivity contribution in [1.82, 2.24) is 0 Å². The van der Waals surface area contributed by atoms with Crippen LogP contribution in [0.3, 0.4) is 0 Å². The van der Waals surface area contributed by atoms with Crippen molar-refractivity contribution < 1.29 is 17.2 Å². The highest BCUT2D eigenvalue weighted by Gasteiger charge is 2.21. The van der Waals surface area contributed by atoms with Crippen molar-refractivity contribution in [2.45, 2.75) is 4.90 Å². The second-order valence-electron chi connectivity index (χ2n) is 3.80. The molecule has 0 atom stereocenters. The van der Waals surface area contributed by atoms with Crippen LogP contribution in [0, 0.1) is 11.6 Å². The first-order valence-corrected chi connectivity index (χ1v) is 7.46. The van der Waals surface area contributed by atoms with Crippen LogP contribution in [0.1, 0.15) is 0 Å². The molecule has 2 rings (SSSR count). The second kappa shape index (κ2) is 5.55. The van der Waals surface area contributed by atoms with E-state index in [1.807, 2.05) is 0 Å². The van der Waals surface area contributed by atoms with Gasteiger partial charge in [-0.15, -0.1) is 0 Å². The van der Waals surface area contributed by atoms with E-state index in [0.717, 1.165) is 12.1 Å². The number of rotatable bonds is 3. The van der Waals surface area contributed by atoms with Gasteiger partial charge in [-0.25, -0.2) is 17.2 Å². The zero-order chi connectivity index (χ0) is 14.9. The standard InChI is InChI=1S/C12H7Cl2F2NO2S/c13-7-1-3-9(14)11(5-7)17-20(18,19)12-6-8(15)2-4-10(12)16/h1-6,17H. The molecule has 3 nitrogen and oxygen atoms in total. The Hall–Kier alpha value is -1.37. The highest BCUT2D eigenvalue weighted by Crippen LogP contribution is 2.28. The van der Waals surface area contributed by atoms with Crippen LogP contribution in [-0.4, -0.2) is 8.42 Å². The third-order valence-corrected chi connectivity index (χ3v) is 4.30. The summed E-state index contributed by atoms with van der Waals surface area (Å²) in [6.45, 7) is 0. The number of anilines is 1. The van der Waals surface area contributed by atoms with Gasteiger partial charge in [0.05, 0.1) is 10.7 Å². The van der Waals surface area contributed by atoms with Gasteiger partial charge in [-0.05, 0) is 36.4 Å². The molecule has 0 unspecified atom stereocenters. The maximum absolute atomic E-state index is 13.5. The molecule has 0 radical (unpaired) electrons. The molecule has 0 aliphatic heterocycles. The fourth-order valence-electron chi connectivity index (χ4n) is 1.46. The summed E-state index contributed by atoms with van der Waals surface area (Å²) >= 11 is 11.5. The van der Waals surface area contributed by atoms with Crippen molar-refractivity contribution in [3.63, 3.8) is 0 Å². The number of hydrogen-bond donors (Lipinski definition) is 1. The van der Waals surface area contributed by atoms with E-state index in [9.17, 15) is 17.2 Å². The Bertz CT molecular complexity index is 766. The van der Waals surface area contributed by atoms with Gasteiger partial charge in [-0.2, -0.15) is 0 Å². The van der Waals surface area contributed by atoms with Crippen LogP contribution in [0.25, 0.3) is 0 Å². The minimum Gasteiger partial charge on any atom is -0.278 e. The molecule has 0 saturated carbocycles. The van der Waals surface area contributed by atoms with E-state index >= 15 is 0 Å². The van der Waals surface area contributed by atoms with E-state index in [1.165, 1.54) is 18.2 Å². The summed E-state index contributed by atoms with van der Waals surface area (Å²) in [6, 6.07) is 6.23. The number of sulfonamides is 1. The molecule has 2 aromatic rings. The summed E-state index contributed by atoms with van der Waals surface area (Å²) < 4.78 is 52.7. The van der Waals surface area contributed by atoms with Gasteiger partial charge in [0.25, 0.3) is 10.0 Å². The van der Waals surface area contributed by atoms with Crippen LogP contribution in [0.5, 0.6) is 0 Å². The van der Waals surface area contributed by atoms with Crippen molar-refractivity contribution in [1.29, 1.82) is 0 Å². The lowest BCUT2D eigenvalue weighted by molar-refractivity contribution is 0.555. The maximum atomic E-state index is 13.5. The monoisotopic (exact) mass is 337 g/mol. The van der Waals surface area contributed by atoms with E-state index in [4.69, 9.17) is 23.2 Å². The molecule has 0 fully saturated rings. The predicted molar refractivity (Wildman–Crippen MR) is 73.6 cm³/mol. The van der Waals surface area contributed by atoms with Gasteiger partial charge in [0, 0.05) is 5.02 Å². The Kier molecular flexibility index (Phi) is 4.17. The summed E-state index contributed by atoms with van der Waals surface area (Å²) in [6.07, 6.45) is 0. The average Bonchev–Trinajstić information content (AvgIpc) is 2.36. The minimum absolute atomic E-state index is 0.0252. The molecular formula is C12H7Cl2F2NO2S. The van der Waals surface area contributed by atoms with Crippen LogP contribution < -0.4 is 4.72 Å². The van der Waals surface area contributed by atoms with Crippen molar-refractivity contribution >= 4 is 38.9 Å². The molecule has 0 aliphatic carbocycles. The fourth-order valence-corrected chi connectivity index (χ4v) is 3.01. The van der Waals surface area contributed by atoms with Gasteiger partial charge < -0.3 is 0 Å². The van der Waals surface area contributed by atoms with E-state index in [0.29, 0.717) is 6.07 Å². The van der Waals surface area contributed by atoms with Crippen LogP contribution in [-0.2, 0) is 10.0 Å². The average molecular weight is 338 g/mol. The van der Waals surface area contributed by atoms with Gasteiger partial charge in [-0.3, -0.25) is 4.72 Å². The number of hydrogen-bond acceptors (Lipinski definition) is 2. The highest BCUT2D eigenvalue weighted by atomic mass is 35.5. The van der Waals surface area contributed by atoms with Gasteiger partial charge in [-0.1, -0.05) is 23.2 Å². The summed E-state index contributed by atoms with van der Waals surface area (Å²) in [5.74, 6) is -1.94. The third kappa shape index (κ3) is 3.20. The lowest BCUT2D eigenvalue weighted by atomic mass is 10.3. The van der Waals surface area contributed by atoms with Gasteiger partial charge in [0.1, 0.15) is 16.5 Å². The highest BCUT2D eigenvalue weighted by molar-refractivity contribution is 7.92. The van der Waals surface area contributed by atoms with Crippen LogP contribution >= 0.6 is 23.2 Å². The summed E-state index contributed by atoms with van der Waals surface area (Å²) in [5.41, 5.74) is -0.0252. The molecule has 0 amide bonds. The Morgan fingerprint density at radius 2 is 1.70 bits per heavy atom. The van der Waals surface area contributed by atoms with Crippen molar-refractivity contribution in [3.8, 4) is 0 Å². The first kappa shape index (κ1) is 15.0. The molecule has 0 heterocycles. The molecule has 1 N–H and O–H groups in total. The SMILES string of the molecule is O=S(=O)(Nc1cc(Cl)ccc1Cl)c1cc(F)ccc1F. The molecule has 0 saturated heterocycles. The molecule has 2 aromatic carbocycles. The maximum Gasteiger partial charge on any atom is 0.264 e. The van der Waals surface area contributed by atoms with Gasteiger partial charge >= 0.3 is 0 Å². The molecule has 0 bridgehead atoms. The quantitative estimate of drug-likeness (QED) is 0.917. The Balaban J connectivity index is 2.46. The molecule has 106 valence electrons. The number of nitrogens with one attached hydrogen (secondary N) is 1. The third-order valence-electron chi connectivity index (χ3n) is 2.36. The van der Waals surface area contributed by atoms with Crippen molar-refractivity contribution in [3.05, 3.63) is 58.1 Å². The summed E-state index contributed by atoms with van der Waals surface area (Å²) in [5, 5.41) is 0.321. The Morgan fingerprint density at radius 3 is 2.40 bits per heavy atom. The lowest BCUT2D eigenvalue weighted by Crippen LogP contribution is -2.15. The topological polar surface area (TPSA) is 46.2 Å². The Labute approximate surface area is 124 Å². The van der Waals surface area contributed by atoms with E-state index in [1.54, 1.807) is 0 Å². The number of benzene rings is 2. The molecule has 0 spiro atoms. The fraction of sp³-hybridized carbons (Fsp3) is 0. The molecular weight excluding hydrogens is 331 g/mol. The zero-order valence-electron chi connectivity index (χ0n) is 9.70. The normalized spacial score (nSPS) is 11.4. The van der Waals surface area contributed by atoms with Crippen LogP contribution in [0.15, 0.2) is 41.3 Å². The number of halogens is 4. The Morgan fingerprint density at radius 1 is 1.00 bits per heavy atom. The molecule has 0 aromatic heterocycles. The molecule has 8 heteroatoms. The largest absolute Gasteiger partial charge is 0.278 e. The first-order chi connectivity index (χ1) is 9.29. The second-order valence-corrected chi connectivity index (χ2v) is 6.30. The van der Waals surface area contributed by atoms with Crippen LogP contribution in [0.4, 0.5) is 14.5 Å².